The second-order valence-electron chi connectivity index (χ2n) is 8.95. The van der Waals surface area contributed by atoms with Crippen LogP contribution in [0, 0.1) is 5.92 Å². The van der Waals surface area contributed by atoms with Gasteiger partial charge in [0, 0.05) is 50.5 Å². The van der Waals surface area contributed by atoms with Crippen molar-refractivity contribution in [3.8, 4) is 0 Å². The fourth-order valence-electron chi connectivity index (χ4n) is 4.89. The molecule has 29 heavy (non-hydrogen) atoms. The Morgan fingerprint density at radius 2 is 1.83 bits per heavy atom. The summed E-state index contributed by atoms with van der Waals surface area (Å²) in [5.41, 5.74) is 1.11. The lowest BCUT2D eigenvalue weighted by atomic mass is 9.92. The van der Waals surface area contributed by atoms with Crippen molar-refractivity contribution in [3.63, 3.8) is 0 Å². The van der Waals surface area contributed by atoms with Crippen LogP contribution in [0.4, 0.5) is 5.82 Å². The van der Waals surface area contributed by atoms with Crippen molar-refractivity contribution in [2.75, 3.05) is 57.4 Å². The Balaban J connectivity index is 1.31. The van der Waals surface area contributed by atoms with Gasteiger partial charge in [0.25, 0.3) is 0 Å². The number of aromatic nitrogens is 2. The molecular weight excluding hydrogens is 366 g/mol. The Kier molecular flexibility index (Phi) is 6.65. The summed E-state index contributed by atoms with van der Waals surface area (Å²) in [4.78, 5) is 28.8. The first-order chi connectivity index (χ1) is 14.1. The van der Waals surface area contributed by atoms with Crippen LogP contribution in [0.1, 0.15) is 51.1 Å². The van der Waals surface area contributed by atoms with E-state index in [1.807, 2.05) is 4.90 Å². The number of carbonyl (C=O) groups is 1. The van der Waals surface area contributed by atoms with Crippen molar-refractivity contribution in [3.05, 3.63) is 18.1 Å². The summed E-state index contributed by atoms with van der Waals surface area (Å²) >= 11 is 0. The SMILES string of the molecule is CC(C)c1cc(N2CCC(N3CCCC(C(=O)N4CCOCC4)C3)CC2)ncn1. The van der Waals surface area contributed by atoms with Crippen LogP contribution in [0.15, 0.2) is 12.4 Å². The van der Waals surface area contributed by atoms with Crippen LogP contribution in [-0.4, -0.2) is 84.2 Å². The van der Waals surface area contributed by atoms with Crippen molar-refractivity contribution in [2.45, 2.75) is 51.5 Å². The number of carbonyl (C=O) groups excluding carboxylic acids is 1. The van der Waals surface area contributed by atoms with Gasteiger partial charge in [-0.15, -0.1) is 0 Å². The van der Waals surface area contributed by atoms with Gasteiger partial charge in [-0.1, -0.05) is 13.8 Å². The fourth-order valence-corrected chi connectivity index (χ4v) is 4.89. The van der Waals surface area contributed by atoms with Crippen LogP contribution in [0.3, 0.4) is 0 Å². The van der Waals surface area contributed by atoms with E-state index in [9.17, 15) is 4.79 Å². The zero-order chi connectivity index (χ0) is 20.2. The highest BCUT2D eigenvalue weighted by Crippen LogP contribution is 2.27. The third-order valence-electron chi connectivity index (χ3n) is 6.70. The van der Waals surface area contributed by atoms with Crippen molar-refractivity contribution in [2.24, 2.45) is 5.92 Å². The molecule has 7 nitrogen and oxygen atoms in total. The highest BCUT2D eigenvalue weighted by Gasteiger charge is 2.34. The Morgan fingerprint density at radius 1 is 1.07 bits per heavy atom. The van der Waals surface area contributed by atoms with E-state index in [4.69, 9.17) is 4.74 Å². The molecule has 1 amide bonds. The minimum Gasteiger partial charge on any atom is -0.378 e. The molecule has 3 saturated heterocycles. The van der Waals surface area contributed by atoms with Gasteiger partial charge in [0.15, 0.2) is 0 Å². The molecule has 1 aromatic rings. The molecule has 0 aliphatic carbocycles. The number of hydrogen-bond acceptors (Lipinski definition) is 6. The van der Waals surface area contributed by atoms with E-state index in [0.29, 0.717) is 31.1 Å². The topological polar surface area (TPSA) is 61.8 Å². The molecule has 0 spiro atoms. The Bertz CT molecular complexity index is 684. The minimum absolute atomic E-state index is 0.162. The molecule has 0 N–H and O–H groups in total. The second kappa shape index (κ2) is 9.39. The first-order valence-electron chi connectivity index (χ1n) is 11.3. The summed E-state index contributed by atoms with van der Waals surface area (Å²) in [6.07, 6.45) is 6.14. The smallest absolute Gasteiger partial charge is 0.227 e. The number of nitrogens with zero attached hydrogens (tertiary/aromatic N) is 5. The van der Waals surface area contributed by atoms with Gasteiger partial charge in [0.05, 0.1) is 19.1 Å². The molecule has 0 bridgehead atoms. The number of likely N-dealkylation sites (tertiary alicyclic amines) is 1. The molecule has 0 aromatic carbocycles. The summed E-state index contributed by atoms with van der Waals surface area (Å²) in [5.74, 6) is 1.98. The number of piperidine rings is 2. The van der Waals surface area contributed by atoms with E-state index in [0.717, 1.165) is 76.5 Å². The van der Waals surface area contributed by atoms with E-state index in [1.165, 1.54) is 0 Å². The molecule has 3 aliphatic rings. The van der Waals surface area contributed by atoms with Gasteiger partial charge in [0.1, 0.15) is 12.1 Å². The molecular formula is C22H35N5O2. The predicted octanol–water partition coefficient (Wildman–Crippen LogP) is 2.14. The third-order valence-corrected chi connectivity index (χ3v) is 6.70. The van der Waals surface area contributed by atoms with Gasteiger partial charge in [-0.05, 0) is 38.1 Å². The van der Waals surface area contributed by atoms with Gasteiger partial charge in [0.2, 0.25) is 5.91 Å². The molecule has 160 valence electrons. The highest BCUT2D eigenvalue weighted by molar-refractivity contribution is 5.79. The summed E-state index contributed by atoms with van der Waals surface area (Å²) < 4.78 is 5.40. The Labute approximate surface area is 174 Å². The van der Waals surface area contributed by atoms with Crippen LogP contribution < -0.4 is 4.90 Å². The van der Waals surface area contributed by atoms with Gasteiger partial charge >= 0.3 is 0 Å². The summed E-state index contributed by atoms with van der Waals surface area (Å²) in [6, 6.07) is 2.72. The largest absolute Gasteiger partial charge is 0.378 e. The van der Waals surface area contributed by atoms with E-state index in [1.54, 1.807) is 6.33 Å². The molecule has 1 unspecified atom stereocenters. The average Bonchev–Trinajstić information content (AvgIpc) is 2.79. The van der Waals surface area contributed by atoms with Crippen LogP contribution in [0.2, 0.25) is 0 Å². The molecule has 7 heteroatoms. The lowest BCUT2D eigenvalue weighted by Crippen LogP contribution is -2.52. The molecule has 0 saturated carbocycles. The molecule has 4 heterocycles. The lowest BCUT2D eigenvalue weighted by Gasteiger charge is -2.43. The maximum atomic E-state index is 12.9. The number of rotatable bonds is 4. The molecule has 4 rings (SSSR count). The van der Waals surface area contributed by atoms with Crippen LogP contribution in [-0.2, 0) is 9.53 Å². The van der Waals surface area contributed by atoms with E-state index in [-0.39, 0.29) is 5.92 Å². The van der Waals surface area contributed by atoms with Gasteiger partial charge < -0.3 is 14.5 Å². The number of morpholine rings is 1. The Morgan fingerprint density at radius 3 is 2.55 bits per heavy atom. The maximum Gasteiger partial charge on any atom is 0.227 e. The first-order valence-corrected chi connectivity index (χ1v) is 11.3. The van der Waals surface area contributed by atoms with E-state index < -0.39 is 0 Å². The molecule has 3 aliphatic heterocycles. The van der Waals surface area contributed by atoms with Crippen molar-refractivity contribution in [1.82, 2.24) is 19.8 Å². The van der Waals surface area contributed by atoms with Gasteiger partial charge in [-0.25, -0.2) is 9.97 Å². The van der Waals surface area contributed by atoms with Gasteiger partial charge in [-0.3, -0.25) is 9.69 Å². The van der Waals surface area contributed by atoms with Crippen molar-refractivity contribution >= 4 is 11.7 Å². The summed E-state index contributed by atoms with van der Waals surface area (Å²) in [7, 11) is 0. The normalized spacial score (nSPS) is 24.9. The average molecular weight is 402 g/mol. The van der Waals surface area contributed by atoms with Gasteiger partial charge in [-0.2, -0.15) is 0 Å². The number of amides is 1. The fraction of sp³-hybridized carbons (Fsp3) is 0.773. The zero-order valence-corrected chi connectivity index (χ0v) is 17.9. The second-order valence-corrected chi connectivity index (χ2v) is 8.95. The monoisotopic (exact) mass is 401 g/mol. The van der Waals surface area contributed by atoms with Crippen molar-refractivity contribution in [1.29, 1.82) is 0 Å². The number of ether oxygens (including phenoxy) is 1. The molecule has 1 aromatic heterocycles. The number of hydrogen-bond donors (Lipinski definition) is 0. The quantitative estimate of drug-likeness (QED) is 0.770. The van der Waals surface area contributed by atoms with Crippen LogP contribution in [0.25, 0.3) is 0 Å². The molecule has 0 radical (unpaired) electrons. The van der Waals surface area contributed by atoms with Crippen LogP contribution in [0.5, 0.6) is 0 Å². The predicted molar refractivity (Wildman–Crippen MR) is 113 cm³/mol. The first kappa shape index (κ1) is 20.5. The minimum atomic E-state index is 0.162. The van der Waals surface area contributed by atoms with E-state index >= 15 is 0 Å². The maximum absolute atomic E-state index is 12.9. The zero-order valence-electron chi connectivity index (χ0n) is 17.9. The molecule has 3 fully saturated rings. The number of anilines is 1. The third kappa shape index (κ3) is 4.89. The van der Waals surface area contributed by atoms with Crippen molar-refractivity contribution < 1.29 is 9.53 Å². The molecule has 1 atom stereocenters. The Hall–Kier alpha value is -1.73. The van der Waals surface area contributed by atoms with Crippen LogP contribution >= 0.6 is 0 Å². The lowest BCUT2D eigenvalue weighted by molar-refractivity contribution is -0.141. The highest BCUT2D eigenvalue weighted by atomic mass is 16.5. The summed E-state index contributed by atoms with van der Waals surface area (Å²) in [5, 5.41) is 0. The van der Waals surface area contributed by atoms with E-state index in [2.05, 4.69) is 39.7 Å². The standard InChI is InChI=1S/C22H35N5O2/c1-17(2)20-14-21(24-16-23-20)25-8-5-19(6-9-25)27-7-3-4-18(15-27)22(28)26-10-12-29-13-11-26/h14,16-19H,3-13,15H2,1-2H3. The summed E-state index contributed by atoms with van der Waals surface area (Å²) in [6.45, 7) is 11.3.